The normalized spacial score (nSPS) is 14.3. The van der Waals surface area contributed by atoms with Crippen LogP contribution in [0.15, 0.2) is 462 Å². The van der Waals surface area contributed by atoms with Crippen LogP contribution >= 0.6 is 0 Å². The molecular weight excluding hydrogens is 1810 g/mol. The van der Waals surface area contributed by atoms with Crippen molar-refractivity contribution < 1.29 is 13.3 Å². The molecule has 149 heavy (non-hydrogen) atoms. The van der Waals surface area contributed by atoms with Crippen molar-refractivity contribution in [2.45, 2.75) is 122 Å². The molecule has 6 nitrogen and oxygen atoms in total. The lowest BCUT2D eigenvalue weighted by atomic mass is 9.81. The molecule has 0 saturated heterocycles. The highest BCUT2D eigenvalue weighted by Gasteiger charge is 2.46. The smallest absolute Gasteiger partial charge is 0.145 e. The van der Waals surface area contributed by atoms with Gasteiger partial charge in [0.25, 0.3) is 0 Å². The maximum atomic E-state index is 6.98. The second-order valence-electron chi connectivity index (χ2n) is 44.9. The molecule has 0 bridgehead atoms. The Hall–Kier alpha value is -17.3. The SMILES string of the molecule is CC(C)(C)c1ccc(-c2ccc(N(c3ccccc3)c3cc4c(c5oc6ccccc6c35)-c3ccccc3C4(C)C)cc2)cc1.CC1(C)c2ccc3ccccc3c2-c2c1cc(N(c1ccc(-c3ccccc3)cc1)c1ccc(-c3ccccc3)cc1)c1c2oc2ccccc21.CC1(C)c2ccccc2-c2ccc(N(c3ccc4c(c3)C(C)(C)c3ccccc3-4)c3cc4c(c5oc6ccccc6c35)-c3ccccc3C4(C)C)cc21. The van der Waals surface area contributed by atoms with Crippen LogP contribution in [0.3, 0.4) is 0 Å². The van der Waals surface area contributed by atoms with Crippen molar-refractivity contribution in [2.75, 3.05) is 14.7 Å². The van der Waals surface area contributed by atoms with Crippen LogP contribution in [0.25, 0.3) is 166 Å². The molecule has 29 rings (SSSR count). The Bertz CT molecular complexity index is 9370. The van der Waals surface area contributed by atoms with Gasteiger partial charge < -0.3 is 28.0 Å². The molecule has 0 N–H and O–H groups in total. The number of hydrogen-bond acceptors (Lipinski definition) is 6. The largest absolute Gasteiger partial charge is 0.455 e. The van der Waals surface area contributed by atoms with Crippen molar-refractivity contribution in [1.82, 2.24) is 0 Å². The average molecular weight is 1920 g/mol. The van der Waals surface area contributed by atoms with Gasteiger partial charge in [-0.3, -0.25) is 0 Å². The molecule has 5 aliphatic carbocycles. The summed E-state index contributed by atoms with van der Waals surface area (Å²) in [6.45, 7) is 30.4. The van der Waals surface area contributed by atoms with Crippen molar-refractivity contribution in [3.63, 3.8) is 0 Å². The lowest BCUT2D eigenvalue weighted by Gasteiger charge is -2.31. The molecule has 6 heteroatoms. The lowest BCUT2D eigenvalue weighted by Crippen LogP contribution is -2.19. The summed E-state index contributed by atoms with van der Waals surface area (Å²) in [7, 11) is 0. The van der Waals surface area contributed by atoms with E-state index in [0.29, 0.717) is 0 Å². The standard InChI is InChI=1S/C51H41NO.C49H35NO.C43H37NO/c1-49(2)38-19-11-7-15-32(38)34-25-23-30(27-41(34)49)52(31-24-26-35-33-16-8-12-20-39(33)50(3,4)42(35)28-31)44-29-43-46(36-17-9-13-21-40(36)51(43,5)6)48-47(44)37-18-10-14-22-45(37)53-48;1-49(2)41-30-25-36-17-9-10-18-39(36)45(41)47-42(49)31-43(46-40-19-11-12-20-44(40)51-48(46)47)50(37-26-21-34(22-27-37)32-13-5-3-6-14-32)38-28-23-35(24-29-38)33-15-7-4-8-16-33;1-42(2,3)30-23-19-28(20-24-30)29-21-25-32(26-22-29)44(31-13-7-6-8-14-31)37-27-36-39(33-15-9-11-17-35(33)43(36,4)5)41-40(37)34-16-10-12-18-38(34)45-41/h7-29H,1-6H3;3-31H,1-2H3;6-27H,1-5H3. The van der Waals surface area contributed by atoms with Gasteiger partial charge in [0.05, 0.1) is 33.2 Å². The third-order valence-corrected chi connectivity index (χ3v) is 33.6. The molecule has 0 aliphatic heterocycles. The number of rotatable bonds is 12. The molecule has 0 spiro atoms. The Morgan fingerprint density at radius 2 is 0.463 bits per heavy atom. The first-order chi connectivity index (χ1) is 72.3. The van der Waals surface area contributed by atoms with E-state index in [9.17, 15) is 0 Å². The van der Waals surface area contributed by atoms with Gasteiger partial charge in [0.15, 0.2) is 0 Å². The van der Waals surface area contributed by atoms with Crippen molar-refractivity contribution in [3.05, 3.63) is 510 Å². The summed E-state index contributed by atoms with van der Waals surface area (Å²) in [6, 6.07) is 164. The maximum Gasteiger partial charge on any atom is 0.145 e. The highest BCUT2D eigenvalue weighted by Crippen LogP contribution is 2.64. The summed E-state index contributed by atoms with van der Waals surface area (Å²) >= 11 is 0. The van der Waals surface area contributed by atoms with E-state index in [1.54, 1.807) is 0 Å². The predicted molar refractivity (Wildman–Crippen MR) is 626 cm³/mol. The van der Waals surface area contributed by atoms with Crippen LogP contribution in [0.1, 0.15) is 151 Å². The lowest BCUT2D eigenvalue weighted by molar-refractivity contribution is 0.590. The highest BCUT2D eigenvalue weighted by molar-refractivity contribution is 6.24. The number of benzene rings is 21. The Balaban J connectivity index is 0.000000111. The van der Waals surface area contributed by atoms with Crippen LogP contribution in [0.4, 0.5) is 51.2 Å². The molecule has 0 unspecified atom stereocenters. The molecule has 0 fully saturated rings. The first-order valence-electron chi connectivity index (χ1n) is 52.5. The van der Waals surface area contributed by atoms with Crippen LogP contribution in [0, 0.1) is 0 Å². The third-order valence-electron chi connectivity index (χ3n) is 33.6. The summed E-state index contributed by atoms with van der Waals surface area (Å²) in [5, 5.41) is 9.30. The second-order valence-corrected chi connectivity index (χ2v) is 44.9. The zero-order valence-corrected chi connectivity index (χ0v) is 86.3. The van der Waals surface area contributed by atoms with Gasteiger partial charge in [-0.2, -0.15) is 0 Å². The summed E-state index contributed by atoms with van der Waals surface area (Å²) in [6.07, 6.45) is 0. The number of fused-ring (bicyclic) bond motifs is 29. The summed E-state index contributed by atoms with van der Waals surface area (Å²) in [5.41, 5.74) is 49.6. The molecule has 24 aromatic rings. The third kappa shape index (κ3) is 14.1. The van der Waals surface area contributed by atoms with Gasteiger partial charge in [0, 0.05) is 94.0 Å². The Morgan fingerprint density at radius 3 is 0.859 bits per heavy atom. The first kappa shape index (κ1) is 90.4. The van der Waals surface area contributed by atoms with Gasteiger partial charge in [-0.1, -0.05) is 430 Å². The van der Waals surface area contributed by atoms with Gasteiger partial charge in [0.2, 0.25) is 0 Å². The van der Waals surface area contributed by atoms with Crippen LogP contribution in [-0.2, 0) is 32.5 Å². The zero-order chi connectivity index (χ0) is 101. The van der Waals surface area contributed by atoms with E-state index >= 15 is 0 Å². The van der Waals surface area contributed by atoms with E-state index in [4.69, 9.17) is 13.3 Å². The number of nitrogens with zero attached hydrogens (tertiary/aromatic N) is 3. The highest BCUT2D eigenvalue weighted by atomic mass is 16.3. The van der Waals surface area contributed by atoms with Gasteiger partial charge >= 0.3 is 0 Å². The number of hydrogen-bond donors (Lipinski definition) is 0. The Morgan fingerprint density at radius 1 is 0.188 bits per heavy atom. The van der Waals surface area contributed by atoms with Gasteiger partial charge in [-0.05, 0) is 259 Å². The molecule has 0 saturated carbocycles. The van der Waals surface area contributed by atoms with Gasteiger partial charge in [0.1, 0.15) is 33.5 Å². The van der Waals surface area contributed by atoms with Gasteiger partial charge in [-0.15, -0.1) is 0 Å². The number of para-hydroxylation sites is 4. The van der Waals surface area contributed by atoms with Crippen molar-refractivity contribution in [1.29, 1.82) is 0 Å². The fraction of sp³-hybridized carbons (Fsp3) is 0.133. The van der Waals surface area contributed by atoms with E-state index in [0.717, 1.165) is 117 Å². The number of furan rings is 3. The van der Waals surface area contributed by atoms with E-state index in [-0.39, 0.29) is 32.5 Å². The summed E-state index contributed by atoms with van der Waals surface area (Å²) in [4.78, 5) is 7.35. The molecular formula is C143H113N3O3. The minimum absolute atomic E-state index is 0.131. The molecule has 5 aliphatic rings. The minimum Gasteiger partial charge on any atom is -0.455 e. The monoisotopic (exact) mass is 1920 g/mol. The average Bonchev–Trinajstić information content (AvgIpc) is 1.53. The van der Waals surface area contributed by atoms with Gasteiger partial charge in [-0.25, -0.2) is 0 Å². The molecule has 3 aromatic heterocycles. The van der Waals surface area contributed by atoms with Crippen LogP contribution in [0.5, 0.6) is 0 Å². The second kappa shape index (κ2) is 33.9. The zero-order valence-electron chi connectivity index (χ0n) is 86.3. The minimum atomic E-state index is -0.239. The molecule has 0 amide bonds. The Labute approximate surface area is 871 Å². The van der Waals surface area contributed by atoms with Crippen molar-refractivity contribution >= 4 is 128 Å². The topological polar surface area (TPSA) is 49.1 Å². The Kier molecular flexibility index (Phi) is 20.6. The van der Waals surface area contributed by atoms with E-state index in [1.165, 1.54) is 161 Å². The fourth-order valence-corrected chi connectivity index (χ4v) is 25.8. The maximum absolute atomic E-state index is 6.98. The van der Waals surface area contributed by atoms with E-state index in [1.807, 2.05) is 0 Å². The first-order valence-corrected chi connectivity index (χ1v) is 52.5. The summed E-state index contributed by atoms with van der Waals surface area (Å²) in [5.74, 6) is 0. The van der Waals surface area contributed by atoms with Crippen molar-refractivity contribution in [3.8, 4) is 89.0 Å². The number of anilines is 9. The molecule has 21 aromatic carbocycles. The fourth-order valence-electron chi connectivity index (χ4n) is 25.8. The van der Waals surface area contributed by atoms with Crippen LogP contribution in [0.2, 0.25) is 0 Å². The molecule has 0 atom stereocenters. The quantitative estimate of drug-likeness (QED) is 0.121. The van der Waals surface area contributed by atoms with Crippen LogP contribution in [-0.4, -0.2) is 0 Å². The molecule has 0 radical (unpaired) electrons. The van der Waals surface area contributed by atoms with E-state index in [2.05, 4.69) is 554 Å². The van der Waals surface area contributed by atoms with Crippen LogP contribution < -0.4 is 14.7 Å². The van der Waals surface area contributed by atoms with Crippen molar-refractivity contribution in [2.24, 2.45) is 0 Å². The van der Waals surface area contributed by atoms with E-state index < -0.39 is 0 Å². The molecule has 718 valence electrons. The summed E-state index contributed by atoms with van der Waals surface area (Å²) < 4.78 is 20.8. The molecule has 3 heterocycles. The predicted octanol–water partition coefficient (Wildman–Crippen LogP) is 40.2.